The number of nitrogens with zero attached hydrogens (tertiary/aromatic N) is 4. The van der Waals surface area contributed by atoms with Gasteiger partial charge >= 0.3 is 5.97 Å². The molecule has 0 bridgehead atoms. The molecule has 28 heavy (non-hydrogen) atoms. The zero-order valence-electron chi connectivity index (χ0n) is 15.3. The number of benzene rings is 1. The molecule has 0 aliphatic carbocycles. The highest BCUT2D eigenvalue weighted by Gasteiger charge is 2.30. The average Bonchev–Trinajstić information content (AvgIpc) is 3.14. The van der Waals surface area contributed by atoms with Crippen molar-refractivity contribution < 1.29 is 14.4 Å². The van der Waals surface area contributed by atoms with Crippen LogP contribution in [0.1, 0.15) is 40.6 Å². The summed E-state index contributed by atoms with van der Waals surface area (Å²) in [5.74, 6) is 0.642. The molecule has 4 rings (SSSR count). The number of carbonyl (C=O) groups is 1. The lowest BCUT2D eigenvalue weighted by Gasteiger charge is -2.31. The largest absolute Gasteiger partial charge is 0.477 e. The lowest BCUT2D eigenvalue weighted by Crippen LogP contribution is -2.34. The molecular weight excluding hydrogens is 380 g/mol. The van der Waals surface area contributed by atoms with E-state index in [0.717, 1.165) is 24.4 Å². The van der Waals surface area contributed by atoms with Gasteiger partial charge in [0.1, 0.15) is 5.82 Å². The molecule has 7 nitrogen and oxygen atoms in total. The van der Waals surface area contributed by atoms with E-state index in [1.807, 2.05) is 17.9 Å². The van der Waals surface area contributed by atoms with Crippen LogP contribution in [0, 0.1) is 6.92 Å². The molecule has 0 atom stereocenters. The zero-order valence-corrected chi connectivity index (χ0v) is 16.1. The van der Waals surface area contributed by atoms with Gasteiger partial charge in [0.25, 0.3) is 0 Å². The van der Waals surface area contributed by atoms with E-state index in [0.29, 0.717) is 35.4 Å². The third-order valence-corrected chi connectivity index (χ3v) is 5.26. The normalized spacial score (nSPS) is 15.0. The fourth-order valence-electron chi connectivity index (χ4n) is 3.58. The molecule has 0 unspecified atom stereocenters. The summed E-state index contributed by atoms with van der Waals surface area (Å²) in [6.07, 6.45) is 3.50. The van der Waals surface area contributed by atoms with E-state index in [-0.39, 0.29) is 11.3 Å². The SMILES string of the molecule is Cc1nccc(C2CCN(c3noc(-c4ccc(Cl)cc4)c3C(=O)O)CC2)n1. The average molecular weight is 399 g/mol. The van der Waals surface area contributed by atoms with Crippen LogP contribution in [0.4, 0.5) is 5.82 Å². The number of hydrogen-bond donors (Lipinski definition) is 1. The minimum Gasteiger partial charge on any atom is -0.477 e. The summed E-state index contributed by atoms with van der Waals surface area (Å²) in [6, 6.07) is 8.79. The van der Waals surface area contributed by atoms with Crippen LogP contribution in [-0.2, 0) is 0 Å². The topological polar surface area (TPSA) is 92.4 Å². The molecular formula is C20H19ClN4O3. The molecule has 8 heteroatoms. The van der Waals surface area contributed by atoms with E-state index in [4.69, 9.17) is 16.1 Å². The number of rotatable bonds is 4. The second-order valence-corrected chi connectivity index (χ2v) is 7.25. The van der Waals surface area contributed by atoms with Gasteiger partial charge in [-0.3, -0.25) is 0 Å². The van der Waals surface area contributed by atoms with Gasteiger partial charge in [-0.15, -0.1) is 0 Å². The van der Waals surface area contributed by atoms with Crippen molar-refractivity contribution in [3.63, 3.8) is 0 Å². The van der Waals surface area contributed by atoms with Crippen molar-refractivity contribution in [3.05, 3.63) is 58.6 Å². The third-order valence-electron chi connectivity index (χ3n) is 5.00. The summed E-state index contributed by atoms with van der Waals surface area (Å²) >= 11 is 5.92. The Bertz CT molecular complexity index is 995. The Morgan fingerprint density at radius 2 is 1.93 bits per heavy atom. The summed E-state index contributed by atoms with van der Waals surface area (Å²) in [5.41, 5.74) is 1.75. The smallest absolute Gasteiger partial charge is 0.343 e. The molecule has 1 aliphatic rings. The molecule has 0 amide bonds. The Balaban J connectivity index is 1.57. The summed E-state index contributed by atoms with van der Waals surface area (Å²) in [5, 5.41) is 14.4. The monoisotopic (exact) mass is 398 g/mol. The number of aromatic carboxylic acids is 1. The van der Waals surface area contributed by atoms with Crippen LogP contribution in [0.3, 0.4) is 0 Å². The van der Waals surface area contributed by atoms with E-state index >= 15 is 0 Å². The number of aromatic nitrogens is 3. The molecule has 1 aromatic carbocycles. The predicted molar refractivity (Wildman–Crippen MR) is 105 cm³/mol. The molecule has 3 aromatic rings. The predicted octanol–water partition coefficient (Wildman–Crippen LogP) is 4.18. The van der Waals surface area contributed by atoms with Crippen LogP contribution in [0.25, 0.3) is 11.3 Å². The van der Waals surface area contributed by atoms with Crippen LogP contribution < -0.4 is 4.90 Å². The first-order valence-electron chi connectivity index (χ1n) is 9.06. The van der Waals surface area contributed by atoms with Crippen LogP contribution in [0.2, 0.25) is 5.02 Å². The number of halogens is 1. The molecule has 1 saturated heterocycles. The van der Waals surface area contributed by atoms with Gasteiger partial charge < -0.3 is 14.5 Å². The van der Waals surface area contributed by atoms with Crippen molar-refractivity contribution in [2.24, 2.45) is 0 Å². The van der Waals surface area contributed by atoms with Gasteiger partial charge in [0.2, 0.25) is 0 Å². The molecule has 1 fully saturated rings. The van der Waals surface area contributed by atoms with Crippen LogP contribution in [0.5, 0.6) is 0 Å². The van der Waals surface area contributed by atoms with Gasteiger partial charge in [0, 0.05) is 41.5 Å². The number of hydrogen-bond acceptors (Lipinski definition) is 6. The molecule has 0 radical (unpaired) electrons. The van der Waals surface area contributed by atoms with E-state index in [1.54, 1.807) is 30.5 Å². The van der Waals surface area contributed by atoms with Crippen molar-refractivity contribution in [2.45, 2.75) is 25.7 Å². The highest BCUT2D eigenvalue weighted by atomic mass is 35.5. The van der Waals surface area contributed by atoms with E-state index in [9.17, 15) is 9.90 Å². The van der Waals surface area contributed by atoms with Gasteiger partial charge in [-0.05, 0) is 50.1 Å². The number of carboxylic acid groups (broad SMARTS) is 1. The number of aryl methyl sites for hydroxylation is 1. The molecule has 3 heterocycles. The number of piperidine rings is 1. The van der Waals surface area contributed by atoms with Gasteiger partial charge in [-0.2, -0.15) is 0 Å². The molecule has 1 aliphatic heterocycles. The second-order valence-electron chi connectivity index (χ2n) is 6.81. The minimum atomic E-state index is -1.06. The van der Waals surface area contributed by atoms with Crippen molar-refractivity contribution in [1.29, 1.82) is 0 Å². The first-order valence-corrected chi connectivity index (χ1v) is 9.44. The van der Waals surface area contributed by atoms with Gasteiger partial charge in [0.05, 0.1) is 0 Å². The minimum absolute atomic E-state index is 0.0821. The molecule has 2 aromatic heterocycles. The number of anilines is 1. The Labute approximate surface area is 167 Å². The van der Waals surface area contributed by atoms with E-state index in [2.05, 4.69) is 15.1 Å². The van der Waals surface area contributed by atoms with Crippen LogP contribution in [0.15, 0.2) is 41.1 Å². The lowest BCUT2D eigenvalue weighted by atomic mass is 9.93. The Hall–Kier alpha value is -2.93. The standard InChI is InChI=1S/C20H19ClN4O3/c1-12-22-9-6-16(23-12)13-7-10-25(11-8-13)19-17(20(26)27)18(28-24-19)14-2-4-15(21)5-3-14/h2-6,9,13H,7-8,10-11H2,1H3,(H,26,27). The molecule has 144 valence electrons. The fraction of sp³-hybridized carbons (Fsp3) is 0.300. The van der Waals surface area contributed by atoms with E-state index < -0.39 is 5.97 Å². The van der Waals surface area contributed by atoms with Crippen molar-refractivity contribution in [2.75, 3.05) is 18.0 Å². The van der Waals surface area contributed by atoms with Crippen LogP contribution >= 0.6 is 11.6 Å². The highest BCUT2D eigenvalue weighted by molar-refractivity contribution is 6.30. The maximum atomic E-state index is 11.9. The molecule has 0 saturated carbocycles. The third kappa shape index (κ3) is 3.57. The summed E-state index contributed by atoms with van der Waals surface area (Å²) < 4.78 is 5.43. The highest BCUT2D eigenvalue weighted by Crippen LogP contribution is 2.35. The molecule has 1 N–H and O–H groups in total. The summed E-state index contributed by atoms with van der Waals surface area (Å²) in [6.45, 7) is 3.24. The summed E-state index contributed by atoms with van der Waals surface area (Å²) in [4.78, 5) is 22.6. The first-order chi connectivity index (χ1) is 13.5. The van der Waals surface area contributed by atoms with Crippen molar-refractivity contribution in [1.82, 2.24) is 15.1 Å². The van der Waals surface area contributed by atoms with Gasteiger partial charge in [-0.1, -0.05) is 16.8 Å². The Morgan fingerprint density at radius 1 is 1.21 bits per heavy atom. The quantitative estimate of drug-likeness (QED) is 0.704. The fourth-order valence-corrected chi connectivity index (χ4v) is 3.70. The maximum absolute atomic E-state index is 11.9. The van der Waals surface area contributed by atoms with Crippen molar-refractivity contribution >= 4 is 23.4 Å². The zero-order chi connectivity index (χ0) is 19.7. The Morgan fingerprint density at radius 3 is 2.57 bits per heavy atom. The molecule has 0 spiro atoms. The summed E-state index contributed by atoms with van der Waals surface area (Å²) in [7, 11) is 0. The second kappa shape index (κ2) is 7.59. The van der Waals surface area contributed by atoms with Gasteiger partial charge in [-0.25, -0.2) is 14.8 Å². The first kappa shape index (κ1) is 18.4. The lowest BCUT2D eigenvalue weighted by molar-refractivity contribution is 0.0697. The van der Waals surface area contributed by atoms with E-state index in [1.165, 1.54) is 0 Å². The maximum Gasteiger partial charge on any atom is 0.343 e. The van der Waals surface area contributed by atoms with Crippen molar-refractivity contribution in [3.8, 4) is 11.3 Å². The Kier molecular flexibility index (Phi) is 5.00. The van der Waals surface area contributed by atoms with Crippen LogP contribution in [-0.4, -0.2) is 39.3 Å². The van der Waals surface area contributed by atoms with Gasteiger partial charge in [0.15, 0.2) is 17.1 Å². The number of carboxylic acids is 1.